The van der Waals surface area contributed by atoms with E-state index in [1.165, 1.54) is 0 Å². The van der Waals surface area contributed by atoms with Crippen molar-refractivity contribution in [3.05, 3.63) is 29.3 Å². The number of nitrogens with zero attached hydrogens (tertiary/aromatic N) is 1. The first kappa shape index (κ1) is 15.4. The maximum Gasteiger partial charge on any atom is 0.246 e. The number of aryl methyl sites for hydroxylation is 1. The second-order valence-corrected chi connectivity index (χ2v) is 5.80. The largest absolute Gasteiger partial charge is 0.496 e. The van der Waals surface area contributed by atoms with E-state index in [4.69, 9.17) is 4.74 Å². The standard InChI is InChI=1S/C16H22N2O3/c1-10(2)15-16(20)18(9-14(19)17-15)8-12-7-11(3)5-6-13(12)21-4/h5-7,10,15H,8-9H2,1-4H3,(H,17,19). The van der Waals surface area contributed by atoms with Crippen LogP contribution < -0.4 is 10.1 Å². The third kappa shape index (κ3) is 3.35. The number of nitrogens with one attached hydrogen (secondary N) is 1. The third-order valence-corrected chi connectivity index (χ3v) is 3.69. The van der Waals surface area contributed by atoms with E-state index >= 15 is 0 Å². The average Bonchev–Trinajstić information content (AvgIpc) is 2.42. The Bertz CT molecular complexity index is 554. The van der Waals surface area contributed by atoms with E-state index in [1.54, 1.807) is 12.0 Å². The molecule has 5 nitrogen and oxygen atoms in total. The van der Waals surface area contributed by atoms with Gasteiger partial charge < -0.3 is 15.0 Å². The molecule has 1 aromatic rings. The van der Waals surface area contributed by atoms with E-state index in [1.807, 2.05) is 39.0 Å². The van der Waals surface area contributed by atoms with Gasteiger partial charge >= 0.3 is 0 Å². The van der Waals surface area contributed by atoms with Gasteiger partial charge in [-0.1, -0.05) is 31.5 Å². The number of ether oxygens (including phenoxy) is 1. The summed E-state index contributed by atoms with van der Waals surface area (Å²) in [5.74, 6) is 0.664. The van der Waals surface area contributed by atoms with Gasteiger partial charge in [0.05, 0.1) is 13.7 Å². The SMILES string of the molecule is COc1ccc(C)cc1CN1CC(=O)NC(C(C)C)C1=O. The smallest absolute Gasteiger partial charge is 0.246 e. The minimum absolute atomic E-state index is 0.0341. The molecule has 114 valence electrons. The molecule has 21 heavy (non-hydrogen) atoms. The number of piperazine rings is 1. The second-order valence-electron chi connectivity index (χ2n) is 5.80. The van der Waals surface area contributed by atoms with Crippen LogP contribution in [0.3, 0.4) is 0 Å². The van der Waals surface area contributed by atoms with Crippen LogP contribution in [-0.2, 0) is 16.1 Å². The number of hydrogen-bond acceptors (Lipinski definition) is 3. The molecule has 0 radical (unpaired) electrons. The lowest BCUT2D eigenvalue weighted by molar-refractivity contribution is -0.146. The zero-order valence-electron chi connectivity index (χ0n) is 13.0. The summed E-state index contributed by atoms with van der Waals surface area (Å²) in [6, 6.07) is 5.40. The van der Waals surface area contributed by atoms with Crippen LogP contribution in [0.2, 0.25) is 0 Å². The monoisotopic (exact) mass is 290 g/mol. The summed E-state index contributed by atoms with van der Waals surface area (Å²) in [5, 5.41) is 2.76. The van der Waals surface area contributed by atoms with E-state index < -0.39 is 6.04 Å². The first-order valence-corrected chi connectivity index (χ1v) is 7.14. The van der Waals surface area contributed by atoms with Gasteiger partial charge in [0.15, 0.2) is 0 Å². The number of benzene rings is 1. The molecule has 0 spiro atoms. The molecule has 0 aromatic heterocycles. The Labute approximate surface area is 125 Å². The molecule has 1 unspecified atom stereocenters. The molecule has 1 fully saturated rings. The lowest BCUT2D eigenvalue weighted by Gasteiger charge is -2.34. The number of methoxy groups -OCH3 is 1. The Morgan fingerprint density at radius 3 is 2.71 bits per heavy atom. The summed E-state index contributed by atoms with van der Waals surface area (Å²) in [5.41, 5.74) is 2.02. The van der Waals surface area contributed by atoms with Crippen molar-refractivity contribution in [2.75, 3.05) is 13.7 Å². The fraction of sp³-hybridized carbons (Fsp3) is 0.500. The summed E-state index contributed by atoms with van der Waals surface area (Å²) >= 11 is 0. The van der Waals surface area contributed by atoms with Gasteiger partial charge in [0.1, 0.15) is 11.8 Å². The fourth-order valence-electron chi connectivity index (χ4n) is 2.55. The van der Waals surface area contributed by atoms with Crippen molar-refractivity contribution in [1.29, 1.82) is 0 Å². The number of carbonyl (C=O) groups excluding carboxylic acids is 2. The lowest BCUT2D eigenvalue weighted by Crippen LogP contribution is -2.59. The average molecular weight is 290 g/mol. The fourth-order valence-corrected chi connectivity index (χ4v) is 2.55. The lowest BCUT2D eigenvalue weighted by atomic mass is 10.00. The van der Waals surface area contributed by atoms with Crippen molar-refractivity contribution >= 4 is 11.8 Å². The van der Waals surface area contributed by atoms with Gasteiger partial charge in [-0.25, -0.2) is 0 Å². The minimum Gasteiger partial charge on any atom is -0.496 e. The molecule has 1 aromatic carbocycles. The van der Waals surface area contributed by atoms with Gasteiger partial charge in [-0.3, -0.25) is 9.59 Å². The predicted octanol–water partition coefficient (Wildman–Crippen LogP) is 1.49. The van der Waals surface area contributed by atoms with Crippen molar-refractivity contribution in [3.63, 3.8) is 0 Å². The van der Waals surface area contributed by atoms with E-state index in [0.717, 1.165) is 16.9 Å². The van der Waals surface area contributed by atoms with E-state index in [0.29, 0.717) is 6.54 Å². The maximum absolute atomic E-state index is 12.5. The van der Waals surface area contributed by atoms with Crippen LogP contribution in [-0.4, -0.2) is 36.4 Å². The van der Waals surface area contributed by atoms with Crippen LogP contribution in [0.4, 0.5) is 0 Å². The molecular formula is C16H22N2O3. The van der Waals surface area contributed by atoms with Crippen LogP contribution in [0.1, 0.15) is 25.0 Å². The Hall–Kier alpha value is -2.04. The van der Waals surface area contributed by atoms with Gasteiger partial charge in [-0.2, -0.15) is 0 Å². The molecule has 1 saturated heterocycles. The van der Waals surface area contributed by atoms with Crippen LogP contribution in [0.15, 0.2) is 18.2 Å². The van der Waals surface area contributed by atoms with E-state index in [-0.39, 0.29) is 24.3 Å². The second kappa shape index (κ2) is 6.16. The van der Waals surface area contributed by atoms with Gasteiger partial charge in [0.2, 0.25) is 11.8 Å². The summed E-state index contributed by atoms with van der Waals surface area (Å²) in [6.07, 6.45) is 0. The van der Waals surface area contributed by atoms with Gasteiger partial charge in [-0.05, 0) is 18.9 Å². The molecule has 1 N–H and O–H groups in total. The zero-order chi connectivity index (χ0) is 15.6. The molecule has 0 bridgehead atoms. The van der Waals surface area contributed by atoms with E-state index in [2.05, 4.69) is 5.32 Å². The van der Waals surface area contributed by atoms with Crippen molar-refractivity contribution in [3.8, 4) is 5.75 Å². The Morgan fingerprint density at radius 1 is 1.38 bits per heavy atom. The predicted molar refractivity (Wildman–Crippen MR) is 79.9 cm³/mol. The quantitative estimate of drug-likeness (QED) is 0.914. The van der Waals surface area contributed by atoms with Gasteiger partial charge in [0, 0.05) is 12.1 Å². The minimum atomic E-state index is -0.443. The van der Waals surface area contributed by atoms with Crippen molar-refractivity contribution in [2.24, 2.45) is 5.92 Å². The summed E-state index contributed by atoms with van der Waals surface area (Å²) in [7, 11) is 1.61. The number of amides is 2. The Morgan fingerprint density at radius 2 is 2.10 bits per heavy atom. The molecule has 1 aliphatic heterocycles. The first-order valence-electron chi connectivity index (χ1n) is 7.14. The van der Waals surface area contributed by atoms with Crippen molar-refractivity contribution in [1.82, 2.24) is 10.2 Å². The molecule has 2 rings (SSSR count). The number of hydrogen-bond donors (Lipinski definition) is 1. The maximum atomic E-state index is 12.5. The van der Waals surface area contributed by atoms with Crippen molar-refractivity contribution < 1.29 is 14.3 Å². The van der Waals surface area contributed by atoms with Crippen molar-refractivity contribution in [2.45, 2.75) is 33.4 Å². The molecule has 2 amide bonds. The summed E-state index contributed by atoms with van der Waals surface area (Å²) < 4.78 is 5.34. The number of carbonyl (C=O) groups is 2. The number of rotatable bonds is 4. The highest BCUT2D eigenvalue weighted by molar-refractivity contribution is 5.95. The molecule has 1 heterocycles. The molecule has 0 aliphatic carbocycles. The molecule has 1 atom stereocenters. The Balaban J connectivity index is 2.23. The third-order valence-electron chi connectivity index (χ3n) is 3.69. The topological polar surface area (TPSA) is 58.6 Å². The molecule has 0 saturated carbocycles. The van der Waals surface area contributed by atoms with E-state index in [9.17, 15) is 9.59 Å². The zero-order valence-corrected chi connectivity index (χ0v) is 13.0. The van der Waals surface area contributed by atoms with Crippen LogP contribution in [0.25, 0.3) is 0 Å². The first-order chi connectivity index (χ1) is 9.92. The van der Waals surface area contributed by atoms with Crippen LogP contribution >= 0.6 is 0 Å². The van der Waals surface area contributed by atoms with Gasteiger partial charge in [-0.15, -0.1) is 0 Å². The summed E-state index contributed by atoms with van der Waals surface area (Å²) in [4.78, 5) is 25.9. The van der Waals surface area contributed by atoms with Gasteiger partial charge in [0.25, 0.3) is 0 Å². The normalized spacial score (nSPS) is 18.9. The van der Waals surface area contributed by atoms with Crippen LogP contribution in [0.5, 0.6) is 5.75 Å². The highest BCUT2D eigenvalue weighted by Gasteiger charge is 2.34. The van der Waals surface area contributed by atoms with Crippen LogP contribution in [0, 0.1) is 12.8 Å². The molecule has 5 heteroatoms. The highest BCUT2D eigenvalue weighted by atomic mass is 16.5. The Kier molecular flexibility index (Phi) is 4.50. The molecular weight excluding hydrogens is 268 g/mol. The molecule has 1 aliphatic rings. The highest BCUT2D eigenvalue weighted by Crippen LogP contribution is 2.23. The summed E-state index contributed by atoms with van der Waals surface area (Å²) in [6.45, 7) is 6.34.